The Labute approximate surface area is 225 Å². The molecule has 1 fully saturated rings. The lowest BCUT2D eigenvalue weighted by atomic mass is 9.92. The molecule has 38 heavy (non-hydrogen) atoms. The number of likely N-dealkylation sites (tertiary alicyclic amines) is 1. The summed E-state index contributed by atoms with van der Waals surface area (Å²) in [5.74, 6) is 1.97. The molecule has 0 saturated carbocycles. The molecular weight excluding hydrogens is 476 g/mol. The van der Waals surface area contributed by atoms with Gasteiger partial charge in [-0.3, -0.25) is 9.59 Å². The third kappa shape index (κ3) is 5.17. The average Bonchev–Trinajstić information content (AvgIpc) is 3.27. The zero-order valence-electron chi connectivity index (χ0n) is 23.1. The normalized spacial score (nSPS) is 23.9. The number of benzene rings is 2. The summed E-state index contributed by atoms with van der Waals surface area (Å²) in [7, 11) is 1.63. The lowest BCUT2D eigenvalue weighted by Gasteiger charge is -2.44. The van der Waals surface area contributed by atoms with Crippen LogP contribution < -0.4 is 10.1 Å². The predicted octanol–water partition coefficient (Wildman–Crippen LogP) is 4.55. The van der Waals surface area contributed by atoms with Crippen molar-refractivity contribution in [3.05, 3.63) is 65.9 Å². The molecule has 7 nitrogen and oxygen atoms in total. The van der Waals surface area contributed by atoms with Crippen molar-refractivity contribution in [2.45, 2.75) is 52.2 Å². The van der Waals surface area contributed by atoms with E-state index >= 15 is 0 Å². The van der Waals surface area contributed by atoms with Gasteiger partial charge in [-0.1, -0.05) is 44.2 Å². The molecule has 7 heteroatoms. The molecule has 5 rings (SSSR count). The largest absolute Gasteiger partial charge is 0.497 e. The third-order valence-electron chi connectivity index (χ3n) is 8.21. The Morgan fingerprint density at radius 2 is 1.79 bits per heavy atom. The van der Waals surface area contributed by atoms with E-state index in [4.69, 9.17) is 4.74 Å². The van der Waals surface area contributed by atoms with Crippen LogP contribution in [-0.4, -0.2) is 65.0 Å². The van der Waals surface area contributed by atoms with Gasteiger partial charge < -0.3 is 24.4 Å². The summed E-state index contributed by atoms with van der Waals surface area (Å²) in [5.41, 5.74) is 1.53. The van der Waals surface area contributed by atoms with E-state index < -0.39 is 5.54 Å². The molecule has 3 aromatic rings. The zero-order valence-corrected chi connectivity index (χ0v) is 23.1. The summed E-state index contributed by atoms with van der Waals surface area (Å²) in [5, 5.41) is 4.20. The molecule has 202 valence electrons. The highest BCUT2D eigenvalue weighted by molar-refractivity contribution is 6.03. The van der Waals surface area contributed by atoms with E-state index in [9.17, 15) is 9.59 Å². The van der Waals surface area contributed by atoms with E-state index in [1.165, 1.54) is 6.42 Å². The average molecular weight is 517 g/mol. The molecule has 1 aromatic heterocycles. The van der Waals surface area contributed by atoms with Crippen molar-refractivity contribution in [3.63, 3.8) is 0 Å². The molecular formula is C31H40N4O3. The summed E-state index contributed by atoms with van der Waals surface area (Å²) < 4.78 is 7.31. The number of hydrogen-bond acceptors (Lipinski definition) is 4. The van der Waals surface area contributed by atoms with E-state index in [0.29, 0.717) is 25.3 Å². The Kier molecular flexibility index (Phi) is 7.48. The molecule has 3 atom stereocenters. The van der Waals surface area contributed by atoms with Crippen LogP contribution in [0.4, 0.5) is 0 Å². The van der Waals surface area contributed by atoms with E-state index in [2.05, 4.69) is 24.1 Å². The zero-order chi connectivity index (χ0) is 26.9. The number of para-hydroxylation sites is 1. The fourth-order valence-corrected chi connectivity index (χ4v) is 6.34. The fourth-order valence-electron chi connectivity index (χ4n) is 6.34. The summed E-state index contributed by atoms with van der Waals surface area (Å²) >= 11 is 0. The van der Waals surface area contributed by atoms with Crippen molar-refractivity contribution in [1.82, 2.24) is 19.7 Å². The van der Waals surface area contributed by atoms with E-state index in [1.807, 2.05) is 66.1 Å². The SMILES string of the molecule is COc1ccc(CN2C(=O)c3cc4ccccc4n3C[C@]2(C)C(=O)NCCCN2C[C@H](C)C[C@H](C)C2)cc1. The van der Waals surface area contributed by atoms with Crippen LogP contribution in [0.3, 0.4) is 0 Å². The second-order valence-electron chi connectivity index (χ2n) is 11.5. The maximum Gasteiger partial charge on any atom is 0.271 e. The van der Waals surface area contributed by atoms with Crippen LogP contribution in [0.2, 0.25) is 0 Å². The van der Waals surface area contributed by atoms with Crippen LogP contribution in [0.25, 0.3) is 10.9 Å². The van der Waals surface area contributed by atoms with Crippen molar-refractivity contribution in [1.29, 1.82) is 0 Å². The van der Waals surface area contributed by atoms with Gasteiger partial charge in [0.25, 0.3) is 5.91 Å². The third-order valence-corrected chi connectivity index (χ3v) is 8.21. The first-order valence-electron chi connectivity index (χ1n) is 13.8. The molecule has 3 heterocycles. The van der Waals surface area contributed by atoms with Crippen molar-refractivity contribution in [2.75, 3.05) is 33.3 Å². The number of hydrogen-bond donors (Lipinski definition) is 1. The van der Waals surface area contributed by atoms with Gasteiger partial charge >= 0.3 is 0 Å². The number of methoxy groups -OCH3 is 1. The molecule has 2 aromatic carbocycles. The molecule has 0 unspecified atom stereocenters. The van der Waals surface area contributed by atoms with Crippen LogP contribution in [0.1, 0.15) is 49.7 Å². The molecule has 1 N–H and O–H groups in total. The number of amides is 2. The molecule has 0 spiro atoms. The number of rotatable bonds is 8. The van der Waals surface area contributed by atoms with Crippen molar-refractivity contribution in [2.24, 2.45) is 11.8 Å². The molecule has 0 radical (unpaired) electrons. The second-order valence-corrected chi connectivity index (χ2v) is 11.5. The molecule has 2 aliphatic rings. The van der Waals surface area contributed by atoms with Gasteiger partial charge in [0.15, 0.2) is 0 Å². The van der Waals surface area contributed by atoms with Gasteiger partial charge in [-0.15, -0.1) is 0 Å². The standard InChI is InChI=1S/C31H40N4O3/c1-22-16-23(2)19-33(18-22)15-7-14-32-30(37)31(3)21-34-27-9-6-5-8-25(27)17-28(34)29(36)35(31)20-24-10-12-26(38-4)13-11-24/h5-6,8-13,17,22-23H,7,14-16,18-21H2,1-4H3,(H,32,37)/t22-,23+,31-/m1/s1. The first kappa shape index (κ1) is 26.3. The fraction of sp³-hybridized carbons (Fsp3) is 0.484. The van der Waals surface area contributed by atoms with Crippen LogP contribution in [0, 0.1) is 11.8 Å². The van der Waals surface area contributed by atoms with Gasteiger partial charge in [0.2, 0.25) is 5.91 Å². The topological polar surface area (TPSA) is 66.8 Å². The summed E-state index contributed by atoms with van der Waals surface area (Å²) in [6.07, 6.45) is 2.19. The number of aromatic nitrogens is 1. The number of carbonyl (C=O) groups is 2. The monoisotopic (exact) mass is 516 g/mol. The number of fused-ring (bicyclic) bond motifs is 3. The van der Waals surface area contributed by atoms with Gasteiger partial charge in [0.05, 0.1) is 13.7 Å². The Morgan fingerprint density at radius 1 is 1.08 bits per heavy atom. The predicted molar refractivity (Wildman–Crippen MR) is 150 cm³/mol. The molecule has 2 amide bonds. The van der Waals surface area contributed by atoms with Gasteiger partial charge in [-0.05, 0) is 68.0 Å². The number of nitrogens with zero attached hydrogens (tertiary/aromatic N) is 3. The molecule has 1 saturated heterocycles. The molecule has 2 aliphatic heterocycles. The van der Waals surface area contributed by atoms with Crippen LogP contribution in [-0.2, 0) is 17.9 Å². The van der Waals surface area contributed by atoms with E-state index in [0.717, 1.165) is 60.1 Å². The minimum Gasteiger partial charge on any atom is -0.497 e. The van der Waals surface area contributed by atoms with Crippen LogP contribution in [0.15, 0.2) is 54.6 Å². The number of nitrogens with one attached hydrogen (secondary N) is 1. The maximum atomic E-state index is 13.9. The Hall–Kier alpha value is -3.32. The lowest BCUT2D eigenvalue weighted by Crippen LogP contribution is -2.63. The van der Waals surface area contributed by atoms with Gasteiger partial charge in [-0.2, -0.15) is 0 Å². The maximum absolute atomic E-state index is 13.9. The molecule has 0 aliphatic carbocycles. The Bertz CT molecular complexity index is 1290. The van der Waals surface area contributed by atoms with Crippen molar-refractivity contribution in [3.8, 4) is 5.75 Å². The number of piperidine rings is 1. The minimum absolute atomic E-state index is 0.108. The lowest BCUT2D eigenvalue weighted by molar-refractivity contribution is -0.133. The minimum atomic E-state index is -1.03. The highest BCUT2D eigenvalue weighted by Gasteiger charge is 2.47. The highest BCUT2D eigenvalue weighted by atomic mass is 16.5. The van der Waals surface area contributed by atoms with Gasteiger partial charge in [0.1, 0.15) is 17.0 Å². The quantitative estimate of drug-likeness (QED) is 0.446. The Morgan fingerprint density at radius 3 is 2.50 bits per heavy atom. The van der Waals surface area contributed by atoms with E-state index in [1.54, 1.807) is 12.0 Å². The smallest absolute Gasteiger partial charge is 0.271 e. The first-order chi connectivity index (χ1) is 18.3. The Balaban J connectivity index is 1.35. The number of carbonyl (C=O) groups excluding carboxylic acids is 2. The second kappa shape index (κ2) is 10.8. The van der Waals surface area contributed by atoms with E-state index in [-0.39, 0.29) is 11.8 Å². The van der Waals surface area contributed by atoms with Crippen LogP contribution >= 0.6 is 0 Å². The molecule has 0 bridgehead atoms. The summed E-state index contributed by atoms with van der Waals surface area (Å²) in [6, 6.07) is 17.6. The van der Waals surface area contributed by atoms with Crippen molar-refractivity contribution >= 4 is 22.7 Å². The van der Waals surface area contributed by atoms with Crippen molar-refractivity contribution < 1.29 is 14.3 Å². The summed E-state index contributed by atoms with van der Waals surface area (Å²) in [4.78, 5) is 32.0. The first-order valence-corrected chi connectivity index (χ1v) is 13.8. The number of ether oxygens (including phenoxy) is 1. The highest BCUT2D eigenvalue weighted by Crippen LogP contribution is 2.33. The van der Waals surface area contributed by atoms with Gasteiger partial charge in [0, 0.05) is 37.1 Å². The van der Waals surface area contributed by atoms with Gasteiger partial charge in [-0.25, -0.2) is 0 Å². The summed E-state index contributed by atoms with van der Waals surface area (Å²) in [6.45, 7) is 11.1. The van der Waals surface area contributed by atoms with Crippen LogP contribution in [0.5, 0.6) is 5.75 Å².